The van der Waals surface area contributed by atoms with Crippen molar-refractivity contribution in [3.05, 3.63) is 27.2 Å². The van der Waals surface area contributed by atoms with Crippen molar-refractivity contribution in [1.82, 2.24) is 5.09 Å². The molecular formula is C11H15Cl3NO3P. The zero-order valence-electron chi connectivity index (χ0n) is 11.0. The third-order valence-corrected chi connectivity index (χ3v) is 4.79. The first-order valence-electron chi connectivity index (χ1n) is 5.36. The standard InChI is InChI=1S/C11H15Cl3NO3P/c1-11(2,3)15-19(16,17-4)18-10-6-8(13)7(12)5-9(10)14/h5-6H,1-4H3,(H,15,16). The van der Waals surface area contributed by atoms with Gasteiger partial charge in [0.25, 0.3) is 0 Å². The lowest BCUT2D eigenvalue weighted by Crippen LogP contribution is -2.34. The molecule has 8 heteroatoms. The van der Waals surface area contributed by atoms with Gasteiger partial charge >= 0.3 is 7.75 Å². The highest BCUT2D eigenvalue weighted by Gasteiger charge is 2.31. The molecule has 108 valence electrons. The van der Waals surface area contributed by atoms with E-state index in [0.29, 0.717) is 0 Å². The monoisotopic (exact) mass is 345 g/mol. The van der Waals surface area contributed by atoms with Crippen LogP contribution in [0.3, 0.4) is 0 Å². The van der Waals surface area contributed by atoms with Crippen LogP contribution in [-0.2, 0) is 9.09 Å². The molecule has 4 nitrogen and oxygen atoms in total. The Bertz CT molecular complexity index is 517. The molecule has 19 heavy (non-hydrogen) atoms. The summed E-state index contributed by atoms with van der Waals surface area (Å²) < 4.78 is 22.7. The van der Waals surface area contributed by atoms with Gasteiger partial charge in [0.05, 0.1) is 15.1 Å². The molecule has 0 amide bonds. The molecule has 1 N–H and O–H groups in total. The van der Waals surface area contributed by atoms with Crippen LogP contribution in [0.25, 0.3) is 0 Å². The molecule has 0 radical (unpaired) electrons. The smallest absolute Gasteiger partial charge is 0.412 e. The van der Waals surface area contributed by atoms with E-state index in [0.717, 1.165) is 0 Å². The molecule has 0 aromatic heterocycles. The van der Waals surface area contributed by atoms with Gasteiger partial charge in [-0.3, -0.25) is 4.52 Å². The first-order chi connectivity index (χ1) is 8.56. The fraction of sp³-hybridized carbons (Fsp3) is 0.455. The van der Waals surface area contributed by atoms with Crippen molar-refractivity contribution in [2.75, 3.05) is 7.11 Å². The molecule has 1 aromatic rings. The minimum atomic E-state index is -3.54. The van der Waals surface area contributed by atoms with Crippen LogP contribution >= 0.6 is 42.5 Å². The second kappa shape index (κ2) is 6.21. The predicted molar refractivity (Wildman–Crippen MR) is 79.6 cm³/mol. The lowest BCUT2D eigenvalue weighted by Gasteiger charge is -2.26. The van der Waals surface area contributed by atoms with Gasteiger partial charge in [0.15, 0.2) is 5.75 Å². The normalized spacial score (nSPS) is 15.1. The van der Waals surface area contributed by atoms with Crippen molar-refractivity contribution in [3.8, 4) is 5.75 Å². The third-order valence-electron chi connectivity index (χ3n) is 1.91. The number of hydrogen-bond acceptors (Lipinski definition) is 3. The molecule has 0 heterocycles. The summed E-state index contributed by atoms with van der Waals surface area (Å²) >= 11 is 17.6. The van der Waals surface area contributed by atoms with Crippen molar-refractivity contribution < 1.29 is 13.6 Å². The van der Waals surface area contributed by atoms with Gasteiger partial charge in [-0.25, -0.2) is 9.65 Å². The Morgan fingerprint density at radius 1 is 1.11 bits per heavy atom. The van der Waals surface area contributed by atoms with Crippen molar-refractivity contribution in [2.45, 2.75) is 26.3 Å². The molecule has 0 aliphatic carbocycles. The van der Waals surface area contributed by atoms with Crippen LogP contribution in [0.15, 0.2) is 12.1 Å². The maximum absolute atomic E-state index is 12.4. The highest BCUT2D eigenvalue weighted by Crippen LogP contribution is 2.48. The van der Waals surface area contributed by atoms with E-state index in [1.807, 2.05) is 20.8 Å². The summed E-state index contributed by atoms with van der Waals surface area (Å²) in [6, 6.07) is 2.81. The van der Waals surface area contributed by atoms with Gasteiger partial charge in [-0.1, -0.05) is 34.8 Å². The minimum absolute atomic E-state index is 0.137. The molecule has 0 aliphatic rings. The molecule has 1 unspecified atom stereocenters. The topological polar surface area (TPSA) is 47.6 Å². The van der Waals surface area contributed by atoms with E-state index in [4.69, 9.17) is 43.9 Å². The molecule has 1 atom stereocenters. The molecule has 0 aliphatic heterocycles. The molecule has 0 bridgehead atoms. The van der Waals surface area contributed by atoms with Crippen molar-refractivity contribution in [2.24, 2.45) is 0 Å². The highest BCUT2D eigenvalue weighted by molar-refractivity contribution is 7.52. The number of hydrogen-bond donors (Lipinski definition) is 1. The van der Waals surface area contributed by atoms with Gasteiger partial charge in [0.2, 0.25) is 0 Å². The van der Waals surface area contributed by atoms with E-state index in [2.05, 4.69) is 5.09 Å². The summed E-state index contributed by atoms with van der Waals surface area (Å²) in [4.78, 5) is 0. The average molecular weight is 347 g/mol. The summed E-state index contributed by atoms with van der Waals surface area (Å²) in [5.74, 6) is 0.137. The second-order valence-corrected chi connectivity index (χ2v) is 7.82. The average Bonchev–Trinajstić information content (AvgIpc) is 2.23. The molecular weight excluding hydrogens is 331 g/mol. The Kier molecular flexibility index (Phi) is 5.59. The fourth-order valence-electron chi connectivity index (χ4n) is 1.22. The fourth-order valence-corrected chi connectivity index (χ4v) is 3.29. The van der Waals surface area contributed by atoms with Crippen LogP contribution in [0.5, 0.6) is 5.75 Å². The number of nitrogens with one attached hydrogen (secondary N) is 1. The van der Waals surface area contributed by atoms with Gasteiger partial charge in [-0.2, -0.15) is 0 Å². The van der Waals surface area contributed by atoms with Gasteiger partial charge in [0, 0.05) is 18.7 Å². The van der Waals surface area contributed by atoms with Crippen LogP contribution in [0.1, 0.15) is 20.8 Å². The molecule has 0 saturated heterocycles. The van der Waals surface area contributed by atoms with E-state index in [9.17, 15) is 4.57 Å². The summed E-state index contributed by atoms with van der Waals surface area (Å²) in [5.41, 5.74) is -0.464. The third kappa shape index (κ3) is 5.14. The van der Waals surface area contributed by atoms with Gasteiger partial charge in [-0.15, -0.1) is 0 Å². The summed E-state index contributed by atoms with van der Waals surface area (Å²) in [6.07, 6.45) is 0. The van der Waals surface area contributed by atoms with E-state index < -0.39 is 13.3 Å². The van der Waals surface area contributed by atoms with E-state index in [1.165, 1.54) is 19.2 Å². The van der Waals surface area contributed by atoms with Crippen molar-refractivity contribution in [3.63, 3.8) is 0 Å². The SMILES string of the molecule is COP(=O)(NC(C)(C)C)Oc1cc(Cl)c(Cl)cc1Cl. The summed E-state index contributed by atoms with van der Waals surface area (Å²) in [5, 5.41) is 3.50. The predicted octanol–water partition coefficient (Wildman–Crippen LogP) is 5.17. The number of rotatable bonds is 4. The Labute approximate surface area is 127 Å². The Morgan fingerprint density at radius 2 is 1.63 bits per heavy atom. The van der Waals surface area contributed by atoms with E-state index in [-0.39, 0.29) is 20.8 Å². The number of benzene rings is 1. The molecule has 0 fully saturated rings. The Balaban J connectivity index is 3.05. The first-order valence-corrected chi connectivity index (χ1v) is 8.03. The molecule has 1 rings (SSSR count). The zero-order valence-corrected chi connectivity index (χ0v) is 14.1. The zero-order chi connectivity index (χ0) is 14.8. The molecule has 1 aromatic carbocycles. The van der Waals surface area contributed by atoms with Crippen LogP contribution in [0.4, 0.5) is 0 Å². The van der Waals surface area contributed by atoms with Crippen LogP contribution in [0.2, 0.25) is 15.1 Å². The van der Waals surface area contributed by atoms with Crippen LogP contribution in [0, 0.1) is 0 Å². The van der Waals surface area contributed by atoms with Gasteiger partial charge in [-0.05, 0) is 26.8 Å². The largest absolute Gasteiger partial charge is 0.458 e. The summed E-state index contributed by atoms with van der Waals surface area (Å²) in [6.45, 7) is 5.50. The maximum atomic E-state index is 12.4. The second-order valence-electron chi connectivity index (χ2n) is 4.83. The van der Waals surface area contributed by atoms with Crippen LogP contribution < -0.4 is 9.61 Å². The van der Waals surface area contributed by atoms with Crippen molar-refractivity contribution in [1.29, 1.82) is 0 Å². The summed E-state index contributed by atoms with van der Waals surface area (Å²) in [7, 11) is -2.26. The highest BCUT2D eigenvalue weighted by atomic mass is 35.5. The first kappa shape index (κ1) is 17.1. The van der Waals surface area contributed by atoms with Gasteiger partial charge < -0.3 is 4.52 Å². The van der Waals surface area contributed by atoms with E-state index >= 15 is 0 Å². The quantitative estimate of drug-likeness (QED) is 0.603. The Morgan fingerprint density at radius 3 is 2.11 bits per heavy atom. The molecule has 0 saturated carbocycles. The van der Waals surface area contributed by atoms with Crippen molar-refractivity contribution >= 4 is 42.5 Å². The Hall–Kier alpha value is 0.0400. The van der Waals surface area contributed by atoms with Crippen LogP contribution in [-0.4, -0.2) is 12.6 Å². The lowest BCUT2D eigenvalue weighted by atomic mass is 10.1. The lowest BCUT2D eigenvalue weighted by molar-refractivity contribution is 0.292. The van der Waals surface area contributed by atoms with E-state index in [1.54, 1.807) is 0 Å². The molecule has 0 spiro atoms. The number of halogens is 3. The van der Waals surface area contributed by atoms with Gasteiger partial charge in [0.1, 0.15) is 0 Å². The minimum Gasteiger partial charge on any atom is -0.412 e. The maximum Gasteiger partial charge on any atom is 0.458 e.